The highest BCUT2D eigenvalue weighted by Gasteiger charge is 2.62. The Morgan fingerprint density at radius 2 is 1.36 bits per heavy atom. The second kappa shape index (κ2) is 15.5. The van der Waals surface area contributed by atoms with Gasteiger partial charge in [0.05, 0.1) is 25.9 Å². The van der Waals surface area contributed by atoms with Crippen LogP contribution < -0.4 is 15.1 Å². The van der Waals surface area contributed by atoms with Gasteiger partial charge in [0.2, 0.25) is 0 Å². The summed E-state index contributed by atoms with van der Waals surface area (Å²) >= 11 is 0. The number of ether oxygens (including phenoxy) is 2. The third-order valence-corrected chi connectivity index (χ3v) is 20.8. The Balaban J connectivity index is 1.83. The zero-order valence-electron chi connectivity index (χ0n) is 32.9. The molecule has 4 rings (SSSR count). The van der Waals surface area contributed by atoms with E-state index in [1.807, 2.05) is 18.2 Å². The van der Waals surface area contributed by atoms with Crippen LogP contribution in [0.15, 0.2) is 110 Å². The standard InChI is InChI=1S/C44H64O4Si2/c1-14-29-43(9,10)30-34(2)44(33-47-50(42(6,7)8,37-21-17-15-18-22-37)38-23-19-16-20-24-38)31-39(40(44)48-49(12,13)41(3,4)5)46-32-35-25-27-36(45-11)28-26-35/h14-28,39-40H,1-2,29-33H2,3-13H3/t39-,40-,44+/m1/s1. The number of benzene rings is 3. The van der Waals surface area contributed by atoms with Gasteiger partial charge in [-0.3, -0.25) is 0 Å². The summed E-state index contributed by atoms with van der Waals surface area (Å²) < 4.78 is 27.5. The van der Waals surface area contributed by atoms with Crippen LogP contribution in [-0.2, 0) is 20.2 Å². The van der Waals surface area contributed by atoms with Crippen molar-refractivity contribution in [1.29, 1.82) is 0 Å². The van der Waals surface area contributed by atoms with E-state index in [1.165, 1.54) is 15.9 Å². The molecule has 0 radical (unpaired) electrons. The van der Waals surface area contributed by atoms with Crippen molar-refractivity contribution in [3.63, 3.8) is 0 Å². The molecule has 4 nitrogen and oxygen atoms in total. The minimum Gasteiger partial charge on any atom is -0.497 e. The van der Waals surface area contributed by atoms with Crippen molar-refractivity contribution in [1.82, 2.24) is 0 Å². The zero-order chi connectivity index (χ0) is 37.0. The van der Waals surface area contributed by atoms with Gasteiger partial charge in [0, 0.05) is 12.0 Å². The van der Waals surface area contributed by atoms with E-state index in [-0.39, 0.29) is 27.7 Å². The number of rotatable bonds is 16. The molecule has 0 aliphatic heterocycles. The molecule has 1 aliphatic rings. The van der Waals surface area contributed by atoms with Crippen molar-refractivity contribution < 1.29 is 18.3 Å². The smallest absolute Gasteiger partial charge is 0.261 e. The first kappa shape index (κ1) is 40.0. The topological polar surface area (TPSA) is 36.9 Å². The lowest BCUT2D eigenvalue weighted by atomic mass is 9.58. The Morgan fingerprint density at radius 1 is 0.820 bits per heavy atom. The first-order valence-electron chi connectivity index (χ1n) is 18.3. The largest absolute Gasteiger partial charge is 0.497 e. The highest BCUT2D eigenvalue weighted by Crippen LogP contribution is 2.56. The van der Waals surface area contributed by atoms with Crippen LogP contribution in [0, 0.1) is 10.8 Å². The van der Waals surface area contributed by atoms with Crippen LogP contribution in [0.3, 0.4) is 0 Å². The Bertz CT molecular complexity index is 1510. The highest BCUT2D eigenvalue weighted by atomic mass is 28.4. The van der Waals surface area contributed by atoms with E-state index >= 15 is 0 Å². The summed E-state index contributed by atoms with van der Waals surface area (Å²) in [6.07, 6.45) is 4.31. The number of hydrogen-bond donors (Lipinski definition) is 0. The summed E-state index contributed by atoms with van der Waals surface area (Å²) in [7, 11) is -3.39. The molecule has 3 atom stereocenters. The molecule has 0 spiro atoms. The summed E-state index contributed by atoms with van der Waals surface area (Å²) in [5, 5.41) is 2.43. The molecule has 0 aromatic heterocycles. The minimum absolute atomic E-state index is 0.000199. The molecule has 6 heteroatoms. The highest BCUT2D eigenvalue weighted by molar-refractivity contribution is 6.99. The molecule has 0 heterocycles. The van der Waals surface area contributed by atoms with E-state index in [0.29, 0.717) is 13.2 Å². The fourth-order valence-electron chi connectivity index (χ4n) is 7.34. The zero-order valence-corrected chi connectivity index (χ0v) is 34.9. The van der Waals surface area contributed by atoms with Crippen molar-refractivity contribution in [2.75, 3.05) is 13.7 Å². The molecule has 0 N–H and O–H groups in total. The molecular weight excluding hydrogens is 649 g/mol. The normalized spacial score (nSPS) is 20.2. The molecule has 3 aromatic carbocycles. The number of allylic oxidation sites excluding steroid dienone is 1. The van der Waals surface area contributed by atoms with Gasteiger partial charge in [-0.2, -0.15) is 0 Å². The van der Waals surface area contributed by atoms with Crippen molar-refractivity contribution >= 4 is 27.0 Å². The van der Waals surface area contributed by atoms with E-state index in [2.05, 4.69) is 148 Å². The molecule has 50 heavy (non-hydrogen) atoms. The maximum atomic E-state index is 7.76. The van der Waals surface area contributed by atoms with Gasteiger partial charge >= 0.3 is 0 Å². The SMILES string of the molecule is C=CCC(C)(C)CC(=C)[C@@]1(CO[Si](c2ccccc2)(c2ccccc2)C(C)(C)C)C[C@@H](OCc2ccc(OC)cc2)[C@H]1O[Si](C)(C)C(C)(C)C. The van der Waals surface area contributed by atoms with Gasteiger partial charge in [0.25, 0.3) is 8.32 Å². The van der Waals surface area contributed by atoms with Crippen molar-refractivity contribution in [2.24, 2.45) is 10.8 Å². The van der Waals surface area contributed by atoms with E-state index in [0.717, 1.165) is 30.6 Å². The van der Waals surface area contributed by atoms with E-state index in [4.69, 9.17) is 24.9 Å². The number of hydrogen-bond acceptors (Lipinski definition) is 4. The molecule has 1 aliphatic carbocycles. The summed E-state index contributed by atoms with van der Waals surface area (Å²) in [4.78, 5) is 0. The van der Waals surface area contributed by atoms with E-state index in [9.17, 15) is 0 Å². The van der Waals surface area contributed by atoms with Gasteiger partial charge in [0.1, 0.15) is 5.75 Å². The van der Waals surface area contributed by atoms with E-state index < -0.39 is 22.0 Å². The van der Waals surface area contributed by atoms with Gasteiger partial charge in [-0.1, -0.05) is 146 Å². The fraction of sp³-hybridized carbons (Fsp3) is 0.500. The minimum atomic E-state index is -2.84. The predicted molar refractivity (Wildman–Crippen MR) is 217 cm³/mol. The Hall–Kier alpha value is -2.75. The lowest BCUT2D eigenvalue weighted by molar-refractivity contribution is -0.183. The van der Waals surface area contributed by atoms with Crippen LogP contribution in [0.5, 0.6) is 5.75 Å². The van der Waals surface area contributed by atoms with Crippen LogP contribution in [0.2, 0.25) is 23.2 Å². The van der Waals surface area contributed by atoms with Gasteiger partial charge in [-0.15, -0.1) is 6.58 Å². The van der Waals surface area contributed by atoms with Crippen molar-refractivity contribution in [2.45, 2.75) is 117 Å². The van der Waals surface area contributed by atoms with E-state index in [1.54, 1.807) is 7.11 Å². The molecule has 0 unspecified atom stereocenters. The average Bonchev–Trinajstić information content (AvgIpc) is 3.04. The maximum absolute atomic E-state index is 7.76. The third kappa shape index (κ3) is 8.48. The maximum Gasteiger partial charge on any atom is 0.261 e. The monoisotopic (exact) mass is 712 g/mol. The summed E-state index contributed by atoms with van der Waals surface area (Å²) in [6, 6.07) is 30.0. The molecular formula is C44H64O4Si2. The molecule has 3 aromatic rings. The Morgan fingerprint density at radius 3 is 1.82 bits per heavy atom. The quantitative estimate of drug-likeness (QED) is 0.109. The average molecular weight is 713 g/mol. The van der Waals surface area contributed by atoms with Crippen LogP contribution in [0.25, 0.3) is 0 Å². The fourth-order valence-corrected chi connectivity index (χ4v) is 13.3. The molecule has 272 valence electrons. The lowest BCUT2D eigenvalue weighted by Crippen LogP contribution is -2.70. The second-order valence-electron chi connectivity index (χ2n) is 17.7. The van der Waals surface area contributed by atoms with Crippen molar-refractivity contribution in [3.8, 4) is 5.75 Å². The number of methoxy groups -OCH3 is 1. The first-order valence-corrected chi connectivity index (χ1v) is 23.1. The van der Waals surface area contributed by atoms with Crippen LogP contribution in [-0.4, -0.2) is 42.6 Å². The van der Waals surface area contributed by atoms with Gasteiger partial charge < -0.3 is 18.3 Å². The van der Waals surface area contributed by atoms with Crippen LogP contribution in [0.1, 0.15) is 80.2 Å². The third-order valence-electron chi connectivity index (χ3n) is 11.4. The lowest BCUT2D eigenvalue weighted by Gasteiger charge is -2.60. The summed E-state index contributed by atoms with van der Waals surface area (Å²) in [6.45, 7) is 33.3. The summed E-state index contributed by atoms with van der Waals surface area (Å²) in [5.74, 6) is 0.842. The molecule has 0 amide bonds. The molecule has 0 saturated heterocycles. The van der Waals surface area contributed by atoms with Gasteiger partial charge in [-0.05, 0) is 75.9 Å². The van der Waals surface area contributed by atoms with Crippen LogP contribution in [0.4, 0.5) is 0 Å². The summed E-state index contributed by atoms with van der Waals surface area (Å²) in [5.41, 5.74) is 1.88. The van der Waals surface area contributed by atoms with Crippen molar-refractivity contribution in [3.05, 3.63) is 115 Å². The predicted octanol–water partition coefficient (Wildman–Crippen LogP) is 10.5. The molecule has 0 bridgehead atoms. The second-order valence-corrected chi connectivity index (χ2v) is 26.8. The van der Waals surface area contributed by atoms with Gasteiger partial charge in [-0.25, -0.2) is 0 Å². The Kier molecular flexibility index (Phi) is 12.4. The van der Waals surface area contributed by atoms with Gasteiger partial charge in [0.15, 0.2) is 8.32 Å². The Labute approximate surface area is 306 Å². The first-order chi connectivity index (χ1) is 23.3. The molecule has 1 fully saturated rings. The van der Waals surface area contributed by atoms with Crippen LogP contribution >= 0.6 is 0 Å². The molecule has 1 saturated carbocycles.